The summed E-state index contributed by atoms with van der Waals surface area (Å²) in [7, 11) is 1.50. The van der Waals surface area contributed by atoms with E-state index in [0.29, 0.717) is 11.4 Å². The summed E-state index contributed by atoms with van der Waals surface area (Å²) in [6.07, 6.45) is -3.90. The molecule has 164 valence electrons. The van der Waals surface area contributed by atoms with Gasteiger partial charge in [0.05, 0.1) is 5.69 Å². The average molecular weight is 431 g/mol. The number of benzene rings is 2. The minimum atomic E-state index is -4.64. The first-order valence-corrected chi connectivity index (χ1v) is 9.67. The van der Waals surface area contributed by atoms with Gasteiger partial charge in [-0.15, -0.1) is 0 Å². The highest BCUT2D eigenvalue weighted by Crippen LogP contribution is 2.40. The normalized spacial score (nSPS) is 11.8. The maximum Gasteiger partial charge on any atom is 0.421 e. The first-order valence-electron chi connectivity index (χ1n) is 9.67. The molecule has 1 heterocycles. The third-order valence-electron chi connectivity index (χ3n) is 4.22. The molecular formula is C23H24F3N3O2. The largest absolute Gasteiger partial charge is 0.486 e. The zero-order valence-electron chi connectivity index (χ0n) is 17.8. The zero-order chi connectivity index (χ0) is 22.6. The molecule has 0 aliphatic heterocycles. The van der Waals surface area contributed by atoms with Crippen LogP contribution in [0.5, 0.6) is 11.8 Å². The van der Waals surface area contributed by atoms with Crippen LogP contribution in [0.1, 0.15) is 31.9 Å². The number of anilines is 2. The van der Waals surface area contributed by atoms with E-state index in [1.807, 2.05) is 51.1 Å². The van der Waals surface area contributed by atoms with Gasteiger partial charge in [-0.05, 0) is 38.5 Å². The molecule has 0 atom stereocenters. The van der Waals surface area contributed by atoms with E-state index in [1.54, 1.807) is 24.3 Å². The molecule has 0 bridgehead atoms. The minimum absolute atomic E-state index is 0.138. The third kappa shape index (κ3) is 5.87. The molecule has 2 aromatic carbocycles. The first kappa shape index (κ1) is 22.4. The lowest BCUT2D eigenvalue weighted by Gasteiger charge is -2.28. The molecule has 0 N–H and O–H groups in total. The molecule has 0 unspecified atom stereocenters. The predicted molar refractivity (Wildman–Crippen MR) is 113 cm³/mol. The molecule has 0 saturated heterocycles. The molecular weight excluding hydrogens is 407 g/mol. The Labute approximate surface area is 179 Å². The van der Waals surface area contributed by atoms with Crippen LogP contribution in [0.2, 0.25) is 0 Å². The van der Waals surface area contributed by atoms with Crippen LogP contribution in [0, 0.1) is 0 Å². The van der Waals surface area contributed by atoms with E-state index < -0.39 is 17.3 Å². The SMILES string of the molecule is CN(c1ccccc1OC(C)(C)C)c1nc(OCc2ccccc2)ncc1C(F)(F)F. The van der Waals surface area contributed by atoms with Crippen LogP contribution in [0.15, 0.2) is 60.8 Å². The molecule has 0 amide bonds. The van der Waals surface area contributed by atoms with Crippen molar-refractivity contribution in [1.29, 1.82) is 0 Å². The Morgan fingerprint density at radius 2 is 1.58 bits per heavy atom. The number of hydrogen-bond acceptors (Lipinski definition) is 5. The summed E-state index contributed by atoms with van der Waals surface area (Å²) in [5, 5.41) is 0. The Morgan fingerprint density at radius 1 is 0.935 bits per heavy atom. The van der Waals surface area contributed by atoms with Gasteiger partial charge in [0.1, 0.15) is 23.5 Å². The van der Waals surface area contributed by atoms with Gasteiger partial charge < -0.3 is 14.4 Å². The average Bonchev–Trinajstić information content (AvgIpc) is 2.71. The Kier molecular flexibility index (Phi) is 6.38. The second-order valence-electron chi connectivity index (χ2n) is 7.90. The van der Waals surface area contributed by atoms with Crippen molar-refractivity contribution in [3.63, 3.8) is 0 Å². The Bertz CT molecular complexity index is 1020. The molecule has 5 nitrogen and oxygen atoms in total. The molecule has 0 fully saturated rings. The van der Waals surface area contributed by atoms with Crippen molar-refractivity contribution >= 4 is 11.5 Å². The smallest absolute Gasteiger partial charge is 0.421 e. The molecule has 0 aliphatic rings. The number of para-hydroxylation sites is 2. The lowest BCUT2D eigenvalue weighted by Crippen LogP contribution is -2.25. The topological polar surface area (TPSA) is 47.5 Å². The fraction of sp³-hybridized carbons (Fsp3) is 0.304. The van der Waals surface area contributed by atoms with Gasteiger partial charge in [0, 0.05) is 13.2 Å². The van der Waals surface area contributed by atoms with Gasteiger partial charge in [-0.3, -0.25) is 0 Å². The molecule has 0 radical (unpaired) electrons. The highest BCUT2D eigenvalue weighted by Gasteiger charge is 2.37. The van der Waals surface area contributed by atoms with Gasteiger partial charge >= 0.3 is 12.2 Å². The maximum absolute atomic E-state index is 13.7. The molecule has 3 rings (SSSR count). The number of nitrogens with zero attached hydrogens (tertiary/aromatic N) is 3. The van der Waals surface area contributed by atoms with E-state index in [4.69, 9.17) is 9.47 Å². The summed E-state index contributed by atoms with van der Waals surface area (Å²) >= 11 is 0. The van der Waals surface area contributed by atoms with Crippen LogP contribution in [0.4, 0.5) is 24.7 Å². The Morgan fingerprint density at radius 3 is 2.23 bits per heavy atom. The lowest BCUT2D eigenvalue weighted by molar-refractivity contribution is -0.137. The number of aromatic nitrogens is 2. The van der Waals surface area contributed by atoms with Crippen LogP contribution in [-0.4, -0.2) is 22.6 Å². The molecule has 0 aliphatic carbocycles. The predicted octanol–water partition coefficient (Wildman–Crippen LogP) is 6.02. The van der Waals surface area contributed by atoms with Crippen LogP contribution in [-0.2, 0) is 12.8 Å². The van der Waals surface area contributed by atoms with Gasteiger partial charge in [0.15, 0.2) is 5.82 Å². The summed E-state index contributed by atoms with van der Waals surface area (Å²) in [5.74, 6) is 0.117. The Hall–Kier alpha value is -3.29. The fourth-order valence-corrected chi connectivity index (χ4v) is 2.87. The highest BCUT2D eigenvalue weighted by atomic mass is 19.4. The van der Waals surface area contributed by atoms with Crippen molar-refractivity contribution in [2.75, 3.05) is 11.9 Å². The maximum atomic E-state index is 13.7. The number of ether oxygens (including phenoxy) is 2. The van der Waals surface area contributed by atoms with Gasteiger partial charge in [0.25, 0.3) is 0 Å². The Balaban J connectivity index is 1.98. The monoisotopic (exact) mass is 431 g/mol. The van der Waals surface area contributed by atoms with Crippen molar-refractivity contribution in [3.8, 4) is 11.8 Å². The lowest BCUT2D eigenvalue weighted by atomic mass is 10.1. The second kappa shape index (κ2) is 8.83. The van der Waals surface area contributed by atoms with Gasteiger partial charge in [-0.2, -0.15) is 18.2 Å². The number of hydrogen-bond donors (Lipinski definition) is 0. The summed E-state index contributed by atoms with van der Waals surface area (Å²) in [6, 6.07) is 16.0. The van der Waals surface area contributed by atoms with Crippen molar-refractivity contribution in [1.82, 2.24) is 9.97 Å². The number of halogens is 3. The summed E-state index contributed by atoms with van der Waals surface area (Å²) < 4.78 is 52.6. The quantitative estimate of drug-likeness (QED) is 0.478. The van der Waals surface area contributed by atoms with E-state index in [2.05, 4.69) is 9.97 Å². The van der Waals surface area contributed by atoms with Crippen LogP contribution in [0.3, 0.4) is 0 Å². The van der Waals surface area contributed by atoms with Gasteiger partial charge in [-0.25, -0.2) is 4.98 Å². The molecule has 8 heteroatoms. The van der Waals surface area contributed by atoms with Crippen molar-refractivity contribution in [2.24, 2.45) is 0 Å². The summed E-state index contributed by atoms with van der Waals surface area (Å²) in [4.78, 5) is 9.19. The summed E-state index contributed by atoms with van der Waals surface area (Å²) in [5.41, 5.74) is -0.201. The molecule has 3 aromatic rings. The molecule has 0 spiro atoms. The van der Waals surface area contributed by atoms with Crippen molar-refractivity contribution in [2.45, 2.75) is 39.2 Å². The molecule has 0 saturated carbocycles. The minimum Gasteiger partial charge on any atom is -0.486 e. The van der Waals surface area contributed by atoms with E-state index in [-0.39, 0.29) is 18.4 Å². The van der Waals surface area contributed by atoms with Crippen molar-refractivity contribution in [3.05, 3.63) is 71.9 Å². The zero-order valence-corrected chi connectivity index (χ0v) is 17.8. The fourth-order valence-electron chi connectivity index (χ4n) is 2.87. The van der Waals surface area contributed by atoms with E-state index in [1.165, 1.54) is 11.9 Å². The first-order chi connectivity index (χ1) is 14.5. The van der Waals surface area contributed by atoms with E-state index in [0.717, 1.165) is 11.8 Å². The van der Waals surface area contributed by atoms with Gasteiger partial charge in [0.2, 0.25) is 0 Å². The molecule has 31 heavy (non-hydrogen) atoms. The standard InChI is InChI=1S/C23H24F3N3O2/c1-22(2,3)31-19-13-9-8-12-18(19)29(4)20-17(23(24,25)26)14-27-21(28-20)30-15-16-10-6-5-7-11-16/h5-14H,15H2,1-4H3. The highest BCUT2D eigenvalue weighted by molar-refractivity contribution is 5.68. The van der Waals surface area contributed by atoms with Gasteiger partial charge in [-0.1, -0.05) is 42.5 Å². The van der Waals surface area contributed by atoms with Crippen LogP contribution < -0.4 is 14.4 Å². The summed E-state index contributed by atoms with van der Waals surface area (Å²) in [6.45, 7) is 5.74. The van der Waals surface area contributed by atoms with E-state index in [9.17, 15) is 13.2 Å². The third-order valence-corrected chi connectivity index (χ3v) is 4.22. The van der Waals surface area contributed by atoms with Crippen LogP contribution >= 0.6 is 0 Å². The van der Waals surface area contributed by atoms with Crippen molar-refractivity contribution < 1.29 is 22.6 Å². The number of alkyl halides is 3. The number of rotatable bonds is 6. The van der Waals surface area contributed by atoms with E-state index >= 15 is 0 Å². The molecule has 1 aromatic heterocycles. The van der Waals surface area contributed by atoms with Crippen LogP contribution in [0.25, 0.3) is 0 Å². The second-order valence-corrected chi connectivity index (χ2v) is 7.90.